The SMILES string of the molecule is CCNC(=O)Cc1csc(NC(=O)c2ccc(F)cc2)n1. The highest BCUT2D eigenvalue weighted by molar-refractivity contribution is 7.14. The van der Waals surface area contributed by atoms with Gasteiger partial charge < -0.3 is 5.32 Å². The van der Waals surface area contributed by atoms with Crippen molar-refractivity contribution in [2.45, 2.75) is 13.3 Å². The van der Waals surface area contributed by atoms with Crippen molar-refractivity contribution in [1.82, 2.24) is 10.3 Å². The summed E-state index contributed by atoms with van der Waals surface area (Å²) in [6.07, 6.45) is 0.177. The first-order valence-electron chi connectivity index (χ1n) is 6.36. The van der Waals surface area contributed by atoms with Crippen LogP contribution in [0.25, 0.3) is 0 Å². The minimum absolute atomic E-state index is 0.112. The standard InChI is InChI=1S/C14H14FN3O2S/c1-2-16-12(19)7-11-8-21-14(17-11)18-13(20)9-3-5-10(15)6-4-9/h3-6,8H,2,7H2,1H3,(H,16,19)(H,17,18,20). The molecule has 110 valence electrons. The van der Waals surface area contributed by atoms with Crippen LogP contribution in [0.15, 0.2) is 29.6 Å². The third-order valence-corrected chi connectivity index (χ3v) is 3.40. The molecule has 0 fully saturated rings. The van der Waals surface area contributed by atoms with Gasteiger partial charge in [0.2, 0.25) is 5.91 Å². The average molecular weight is 307 g/mol. The van der Waals surface area contributed by atoms with Gasteiger partial charge in [-0.1, -0.05) is 0 Å². The van der Waals surface area contributed by atoms with Gasteiger partial charge in [-0.15, -0.1) is 11.3 Å². The molecule has 21 heavy (non-hydrogen) atoms. The van der Waals surface area contributed by atoms with E-state index >= 15 is 0 Å². The van der Waals surface area contributed by atoms with E-state index in [0.717, 1.165) is 0 Å². The number of anilines is 1. The predicted octanol–water partition coefficient (Wildman–Crippen LogP) is 2.21. The number of thiazole rings is 1. The first kappa shape index (κ1) is 15.1. The van der Waals surface area contributed by atoms with Crippen LogP contribution in [-0.4, -0.2) is 23.3 Å². The van der Waals surface area contributed by atoms with Crippen molar-refractivity contribution in [2.24, 2.45) is 0 Å². The van der Waals surface area contributed by atoms with E-state index in [1.54, 1.807) is 5.38 Å². The van der Waals surface area contributed by atoms with Gasteiger partial charge in [-0.3, -0.25) is 14.9 Å². The van der Waals surface area contributed by atoms with Gasteiger partial charge in [0.05, 0.1) is 12.1 Å². The molecule has 0 unspecified atom stereocenters. The molecule has 0 saturated carbocycles. The molecule has 0 aliphatic rings. The number of rotatable bonds is 5. The van der Waals surface area contributed by atoms with Crippen LogP contribution in [-0.2, 0) is 11.2 Å². The van der Waals surface area contributed by atoms with Crippen molar-refractivity contribution < 1.29 is 14.0 Å². The lowest BCUT2D eigenvalue weighted by Crippen LogP contribution is -2.24. The zero-order valence-corrected chi connectivity index (χ0v) is 12.2. The summed E-state index contributed by atoms with van der Waals surface area (Å²) in [6, 6.07) is 5.23. The van der Waals surface area contributed by atoms with Crippen LogP contribution in [0.4, 0.5) is 9.52 Å². The predicted molar refractivity (Wildman–Crippen MR) is 78.9 cm³/mol. The summed E-state index contributed by atoms with van der Waals surface area (Å²) in [7, 11) is 0. The highest BCUT2D eigenvalue weighted by Gasteiger charge is 2.11. The van der Waals surface area contributed by atoms with E-state index in [1.165, 1.54) is 35.6 Å². The Hall–Kier alpha value is -2.28. The number of hydrogen-bond acceptors (Lipinski definition) is 4. The molecule has 2 amide bonds. The summed E-state index contributed by atoms with van der Waals surface area (Å²) < 4.78 is 12.8. The van der Waals surface area contributed by atoms with Crippen molar-refractivity contribution in [3.63, 3.8) is 0 Å². The Bertz CT molecular complexity index is 640. The molecule has 0 saturated heterocycles. The molecular weight excluding hydrogens is 293 g/mol. The molecule has 2 rings (SSSR count). The van der Waals surface area contributed by atoms with E-state index < -0.39 is 5.82 Å². The van der Waals surface area contributed by atoms with Gasteiger partial charge >= 0.3 is 0 Å². The summed E-state index contributed by atoms with van der Waals surface area (Å²) in [5.74, 6) is -0.877. The second-order valence-electron chi connectivity index (χ2n) is 4.24. The summed E-state index contributed by atoms with van der Waals surface area (Å²) in [6.45, 7) is 2.41. The van der Waals surface area contributed by atoms with E-state index in [-0.39, 0.29) is 18.2 Å². The highest BCUT2D eigenvalue weighted by atomic mass is 32.1. The van der Waals surface area contributed by atoms with Gasteiger partial charge in [0.1, 0.15) is 5.82 Å². The number of nitrogens with one attached hydrogen (secondary N) is 2. The lowest BCUT2D eigenvalue weighted by atomic mass is 10.2. The maximum absolute atomic E-state index is 12.8. The van der Waals surface area contributed by atoms with E-state index in [2.05, 4.69) is 15.6 Å². The lowest BCUT2D eigenvalue weighted by molar-refractivity contribution is -0.120. The van der Waals surface area contributed by atoms with E-state index in [4.69, 9.17) is 0 Å². The summed E-state index contributed by atoms with van der Waals surface area (Å²) in [5.41, 5.74) is 0.942. The number of halogens is 1. The van der Waals surface area contributed by atoms with Gasteiger partial charge in [0, 0.05) is 17.5 Å². The Morgan fingerprint density at radius 1 is 1.29 bits per heavy atom. The second-order valence-corrected chi connectivity index (χ2v) is 5.09. The van der Waals surface area contributed by atoms with E-state index in [0.29, 0.717) is 22.9 Å². The molecule has 0 atom stereocenters. The minimum atomic E-state index is -0.398. The Balaban J connectivity index is 1.97. The van der Waals surface area contributed by atoms with Crippen LogP contribution in [0, 0.1) is 5.82 Å². The maximum atomic E-state index is 12.8. The number of carbonyl (C=O) groups is 2. The number of likely N-dealkylation sites (N-methyl/N-ethyl adjacent to an activating group) is 1. The smallest absolute Gasteiger partial charge is 0.257 e. The van der Waals surface area contributed by atoms with Crippen molar-refractivity contribution in [2.75, 3.05) is 11.9 Å². The minimum Gasteiger partial charge on any atom is -0.356 e. The molecule has 0 bridgehead atoms. The molecule has 0 spiro atoms. The number of aromatic nitrogens is 1. The molecule has 0 aliphatic heterocycles. The average Bonchev–Trinajstić information content (AvgIpc) is 2.86. The molecule has 0 aliphatic carbocycles. The van der Waals surface area contributed by atoms with Crippen LogP contribution < -0.4 is 10.6 Å². The molecule has 7 heteroatoms. The molecule has 5 nitrogen and oxygen atoms in total. The van der Waals surface area contributed by atoms with E-state index in [1.807, 2.05) is 6.92 Å². The Labute approximate surface area is 125 Å². The summed E-state index contributed by atoms with van der Waals surface area (Å²) in [5, 5.41) is 7.42. The van der Waals surface area contributed by atoms with Crippen LogP contribution in [0.5, 0.6) is 0 Å². The summed E-state index contributed by atoms with van der Waals surface area (Å²) >= 11 is 1.24. The molecule has 0 radical (unpaired) electrons. The Morgan fingerprint density at radius 3 is 2.67 bits per heavy atom. The van der Waals surface area contributed by atoms with Crippen molar-refractivity contribution in [1.29, 1.82) is 0 Å². The molecule has 1 aromatic heterocycles. The van der Waals surface area contributed by atoms with E-state index in [9.17, 15) is 14.0 Å². The van der Waals surface area contributed by atoms with Gasteiger partial charge in [0.25, 0.3) is 5.91 Å². The Kier molecular flexibility index (Phi) is 4.99. The molecule has 1 heterocycles. The molecule has 2 aromatic rings. The first-order chi connectivity index (χ1) is 10.1. The number of amides is 2. The monoisotopic (exact) mass is 307 g/mol. The molecule has 2 N–H and O–H groups in total. The van der Waals surface area contributed by atoms with Crippen LogP contribution >= 0.6 is 11.3 Å². The number of hydrogen-bond donors (Lipinski definition) is 2. The quantitative estimate of drug-likeness (QED) is 0.889. The van der Waals surface area contributed by atoms with Crippen molar-refractivity contribution >= 4 is 28.3 Å². The zero-order valence-electron chi connectivity index (χ0n) is 11.4. The van der Waals surface area contributed by atoms with Gasteiger partial charge in [-0.2, -0.15) is 0 Å². The fourth-order valence-corrected chi connectivity index (χ4v) is 2.35. The number of nitrogens with zero attached hydrogens (tertiary/aromatic N) is 1. The molecule has 1 aromatic carbocycles. The van der Waals surface area contributed by atoms with Crippen molar-refractivity contribution in [3.8, 4) is 0 Å². The lowest BCUT2D eigenvalue weighted by Gasteiger charge is -2.01. The molecular formula is C14H14FN3O2S. The van der Waals surface area contributed by atoms with Gasteiger partial charge in [-0.05, 0) is 31.2 Å². The first-order valence-corrected chi connectivity index (χ1v) is 7.24. The number of carbonyl (C=O) groups excluding carboxylic acids is 2. The van der Waals surface area contributed by atoms with Crippen LogP contribution in [0.2, 0.25) is 0 Å². The fourth-order valence-electron chi connectivity index (χ4n) is 1.64. The van der Waals surface area contributed by atoms with Gasteiger partial charge in [0.15, 0.2) is 5.13 Å². The zero-order chi connectivity index (χ0) is 15.2. The van der Waals surface area contributed by atoms with Gasteiger partial charge in [-0.25, -0.2) is 9.37 Å². The third-order valence-electron chi connectivity index (χ3n) is 2.59. The third kappa shape index (κ3) is 4.35. The normalized spacial score (nSPS) is 10.2. The topological polar surface area (TPSA) is 71.1 Å². The second kappa shape index (κ2) is 6.94. The highest BCUT2D eigenvalue weighted by Crippen LogP contribution is 2.17. The summed E-state index contributed by atoms with van der Waals surface area (Å²) in [4.78, 5) is 27.5. The van der Waals surface area contributed by atoms with Crippen LogP contribution in [0.1, 0.15) is 23.0 Å². The fraction of sp³-hybridized carbons (Fsp3) is 0.214. The van der Waals surface area contributed by atoms with Crippen LogP contribution in [0.3, 0.4) is 0 Å². The number of benzene rings is 1. The largest absolute Gasteiger partial charge is 0.356 e. The van der Waals surface area contributed by atoms with Crippen molar-refractivity contribution in [3.05, 3.63) is 46.7 Å². The Morgan fingerprint density at radius 2 is 2.00 bits per heavy atom. The maximum Gasteiger partial charge on any atom is 0.257 e.